The Morgan fingerprint density at radius 3 is 2.75 bits per heavy atom. The van der Waals surface area contributed by atoms with Gasteiger partial charge in [-0.15, -0.1) is 0 Å². The Balaban J connectivity index is 1.98. The van der Waals surface area contributed by atoms with Gasteiger partial charge in [0.25, 0.3) is 0 Å². The van der Waals surface area contributed by atoms with Gasteiger partial charge in [-0.2, -0.15) is 18.3 Å². The molecular weight excluding hydrogens is 271 g/mol. The first-order chi connectivity index (χ1) is 9.34. The molecule has 2 rings (SSSR count). The van der Waals surface area contributed by atoms with Crippen LogP contribution in [0, 0.1) is 0 Å². The second-order valence-electron chi connectivity index (χ2n) is 4.88. The molecule has 0 aliphatic carbocycles. The molecule has 20 heavy (non-hydrogen) atoms. The molecule has 0 saturated heterocycles. The van der Waals surface area contributed by atoms with Crippen molar-refractivity contribution in [3.8, 4) is 0 Å². The van der Waals surface area contributed by atoms with Gasteiger partial charge in [0, 0.05) is 24.3 Å². The molecule has 0 aliphatic rings. The average Bonchev–Trinajstić information content (AvgIpc) is 2.95. The van der Waals surface area contributed by atoms with E-state index in [1.807, 2.05) is 19.9 Å². The van der Waals surface area contributed by atoms with E-state index in [0.29, 0.717) is 18.3 Å². The summed E-state index contributed by atoms with van der Waals surface area (Å²) in [5.74, 6) is 0.572. The molecule has 1 N–H and O–H groups in total. The van der Waals surface area contributed by atoms with Crippen LogP contribution >= 0.6 is 0 Å². The molecule has 0 fully saturated rings. The molecule has 2 aromatic rings. The maximum absolute atomic E-state index is 12.4. The summed E-state index contributed by atoms with van der Waals surface area (Å²) in [6.45, 7) is 4.90. The van der Waals surface area contributed by atoms with Crippen LogP contribution in [-0.2, 0) is 19.3 Å². The summed E-state index contributed by atoms with van der Waals surface area (Å²) in [6.07, 6.45) is -0.995. The fraction of sp³-hybridized carbons (Fsp3) is 0.462. The highest BCUT2D eigenvalue weighted by Crippen LogP contribution is 2.28. The number of nitrogens with zero attached hydrogens (tertiary/aromatic N) is 2. The van der Waals surface area contributed by atoms with Gasteiger partial charge in [0.1, 0.15) is 5.76 Å². The number of halogens is 3. The third kappa shape index (κ3) is 3.86. The fourth-order valence-electron chi connectivity index (χ4n) is 1.68. The Labute approximate surface area is 114 Å². The quantitative estimate of drug-likeness (QED) is 0.919. The van der Waals surface area contributed by atoms with E-state index in [1.54, 1.807) is 6.26 Å². The summed E-state index contributed by atoms with van der Waals surface area (Å²) in [5.41, 5.74) is 0.197. The fourth-order valence-corrected chi connectivity index (χ4v) is 1.68. The minimum absolute atomic E-state index is 0.178. The van der Waals surface area contributed by atoms with E-state index in [4.69, 9.17) is 4.42 Å². The van der Waals surface area contributed by atoms with Gasteiger partial charge >= 0.3 is 6.18 Å². The Bertz CT molecular complexity index is 557. The largest absolute Gasteiger partial charge is 0.467 e. The van der Waals surface area contributed by atoms with Crippen LogP contribution in [-0.4, -0.2) is 15.8 Å². The van der Waals surface area contributed by atoms with Crippen LogP contribution in [0.5, 0.6) is 0 Å². The van der Waals surface area contributed by atoms with Crippen molar-refractivity contribution in [2.24, 2.45) is 0 Å². The van der Waals surface area contributed by atoms with Crippen LogP contribution in [0.1, 0.15) is 30.7 Å². The zero-order valence-electron chi connectivity index (χ0n) is 11.2. The van der Waals surface area contributed by atoms with Crippen molar-refractivity contribution in [1.29, 1.82) is 0 Å². The molecule has 0 unspecified atom stereocenters. The smallest absolute Gasteiger partial charge is 0.419 e. The first kappa shape index (κ1) is 14.6. The molecule has 0 radical (unpaired) electrons. The van der Waals surface area contributed by atoms with Crippen LogP contribution in [0.2, 0.25) is 0 Å². The van der Waals surface area contributed by atoms with Crippen molar-refractivity contribution < 1.29 is 17.6 Å². The van der Waals surface area contributed by atoms with E-state index in [9.17, 15) is 13.2 Å². The van der Waals surface area contributed by atoms with Crippen LogP contribution in [0.25, 0.3) is 0 Å². The summed E-state index contributed by atoms with van der Waals surface area (Å²) in [6, 6.07) is 2.17. The van der Waals surface area contributed by atoms with Gasteiger partial charge < -0.3 is 9.73 Å². The lowest BCUT2D eigenvalue weighted by Gasteiger charge is -2.04. The Morgan fingerprint density at radius 2 is 2.15 bits per heavy atom. The van der Waals surface area contributed by atoms with E-state index in [1.165, 1.54) is 4.68 Å². The Morgan fingerprint density at radius 1 is 1.40 bits per heavy atom. The minimum atomic E-state index is -4.37. The highest BCUT2D eigenvalue weighted by molar-refractivity contribution is 5.14. The molecular formula is C13H16F3N3O. The van der Waals surface area contributed by atoms with Crippen LogP contribution in [0.4, 0.5) is 13.2 Å². The average molecular weight is 287 g/mol. The Hall–Kier alpha value is -1.76. The number of aromatic nitrogens is 2. The van der Waals surface area contributed by atoms with Crippen molar-refractivity contribution in [2.75, 3.05) is 0 Å². The third-order valence-electron chi connectivity index (χ3n) is 2.70. The molecule has 0 saturated carbocycles. The molecule has 0 bridgehead atoms. The predicted molar refractivity (Wildman–Crippen MR) is 67.0 cm³/mol. The molecule has 0 aliphatic heterocycles. The molecule has 2 heterocycles. The number of rotatable bonds is 5. The van der Waals surface area contributed by atoms with Gasteiger partial charge in [0.15, 0.2) is 0 Å². The number of alkyl halides is 3. The lowest BCUT2D eigenvalue weighted by molar-refractivity contribution is -0.137. The van der Waals surface area contributed by atoms with Crippen molar-refractivity contribution in [3.63, 3.8) is 0 Å². The Kier molecular flexibility index (Phi) is 4.17. The second-order valence-corrected chi connectivity index (χ2v) is 4.88. The molecule has 2 aromatic heterocycles. The van der Waals surface area contributed by atoms with Gasteiger partial charge in [-0.3, -0.25) is 4.68 Å². The van der Waals surface area contributed by atoms with Gasteiger partial charge in [-0.05, 0) is 6.07 Å². The predicted octanol–water partition coefficient (Wildman–Crippen LogP) is 3.04. The van der Waals surface area contributed by atoms with Gasteiger partial charge in [-0.25, -0.2) is 0 Å². The van der Waals surface area contributed by atoms with E-state index < -0.39 is 11.7 Å². The van der Waals surface area contributed by atoms with E-state index >= 15 is 0 Å². The first-order valence-corrected chi connectivity index (χ1v) is 6.24. The number of furan rings is 1. The summed E-state index contributed by atoms with van der Waals surface area (Å²) in [4.78, 5) is 0. The maximum Gasteiger partial charge on any atom is 0.419 e. The summed E-state index contributed by atoms with van der Waals surface area (Å²) in [7, 11) is 0. The van der Waals surface area contributed by atoms with Crippen LogP contribution in [0.15, 0.2) is 29.1 Å². The highest BCUT2D eigenvalue weighted by Gasteiger charge is 2.32. The standard InChI is InChI=1S/C13H16F3N3O/c1-9(2)17-4-10-3-12(20-8-10)7-19-6-11(5-18-19)13(14,15)16/h3,5-6,8-9,17H,4,7H2,1-2H3. The van der Waals surface area contributed by atoms with E-state index in [2.05, 4.69) is 10.4 Å². The van der Waals surface area contributed by atoms with Gasteiger partial charge in [0.2, 0.25) is 0 Å². The zero-order valence-corrected chi connectivity index (χ0v) is 11.2. The normalized spacial score (nSPS) is 12.3. The SMILES string of the molecule is CC(C)NCc1coc(Cn2cc(C(F)(F)F)cn2)c1. The molecule has 110 valence electrons. The number of hydrogen-bond acceptors (Lipinski definition) is 3. The lowest BCUT2D eigenvalue weighted by atomic mass is 10.3. The molecule has 7 heteroatoms. The van der Waals surface area contributed by atoms with E-state index in [-0.39, 0.29) is 6.54 Å². The summed E-state index contributed by atoms with van der Waals surface area (Å²) < 4.78 is 43.8. The maximum atomic E-state index is 12.4. The van der Waals surface area contributed by atoms with Crippen molar-refractivity contribution in [3.05, 3.63) is 41.6 Å². The van der Waals surface area contributed by atoms with Crippen LogP contribution in [0.3, 0.4) is 0 Å². The van der Waals surface area contributed by atoms with Gasteiger partial charge in [0.05, 0.1) is 24.6 Å². The molecule has 0 amide bonds. The minimum Gasteiger partial charge on any atom is -0.467 e. The van der Waals surface area contributed by atoms with E-state index in [0.717, 1.165) is 18.0 Å². The third-order valence-corrected chi connectivity index (χ3v) is 2.70. The monoisotopic (exact) mass is 287 g/mol. The molecule has 0 aromatic carbocycles. The summed E-state index contributed by atoms with van der Waals surface area (Å²) in [5, 5.41) is 6.91. The summed E-state index contributed by atoms with van der Waals surface area (Å²) >= 11 is 0. The first-order valence-electron chi connectivity index (χ1n) is 6.24. The van der Waals surface area contributed by atoms with Crippen molar-refractivity contribution in [2.45, 2.75) is 39.2 Å². The van der Waals surface area contributed by atoms with Crippen molar-refractivity contribution in [1.82, 2.24) is 15.1 Å². The topological polar surface area (TPSA) is 43.0 Å². The number of hydrogen-bond donors (Lipinski definition) is 1. The molecule has 4 nitrogen and oxygen atoms in total. The zero-order chi connectivity index (χ0) is 14.8. The van der Waals surface area contributed by atoms with Crippen molar-refractivity contribution >= 4 is 0 Å². The van der Waals surface area contributed by atoms with Crippen LogP contribution < -0.4 is 5.32 Å². The lowest BCUT2D eigenvalue weighted by Crippen LogP contribution is -2.21. The molecule has 0 atom stereocenters. The molecule has 0 spiro atoms. The number of nitrogens with one attached hydrogen (secondary N) is 1. The van der Waals surface area contributed by atoms with Gasteiger partial charge in [-0.1, -0.05) is 13.8 Å². The highest BCUT2D eigenvalue weighted by atomic mass is 19.4. The second kappa shape index (κ2) is 5.70.